The van der Waals surface area contributed by atoms with Gasteiger partial charge >= 0.3 is 0 Å². The van der Waals surface area contributed by atoms with Crippen molar-refractivity contribution in [1.29, 1.82) is 0 Å². The first kappa shape index (κ1) is 22.2. The Balaban J connectivity index is 3.13. The largest absolute Gasteiger partial charge is 0.289 e. The molecule has 0 spiro atoms. The second-order valence-electron chi connectivity index (χ2n) is 8.02. The van der Waals surface area contributed by atoms with Gasteiger partial charge in [0.2, 0.25) is 0 Å². The minimum absolute atomic E-state index is 0.0449. The SMILES string of the molecule is C=C/C=C(\C=C/C)C(=O)c1ccc(C(CC(C)(C)CC)C(C)CC)cc1. The van der Waals surface area contributed by atoms with Gasteiger partial charge in [0.1, 0.15) is 0 Å². The van der Waals surface area contributed by atoms with E-state index in [0.717, 1.165) is 5.56 Å². The lowest BCUT2D eigenvalue weighted by Gasteiger charge is -2.32. The molecule has 2 atom stereocenters. The van der Waals surface area contributed by atoms with Crippen molar-refractivity contribution in [3.63, 3.8) is 0 Å². The van der Waals surface area contributed by atoms with Crippen molar-refractivity contribution < 1.29 is 4.79 Å². The smallest absolute Gasteiger partial charge is 0.193 e. The second-order valence-corrected chi connectivity index (χ2v) is 8.02. The van der Waals surface area contributed by atoms with Crippen LogP contribution in [0.15, 0.2) is 60.7 Å². The number of hydrogen-bond acceptors (Lipinski definition) is 1. The number of carbonyl (C=O) groups is 1. The van der Waals surface area contributed by atoms with Crippen LogP contribution in [0.25, 0.3) is 0 Å². The van der Waals surface area contributed by atoms with Crippen molar-refractivity contribution in [1.82, 2.24) is 0 Å². The van der Waals surface area contributed by atoms with Gasteiger partial charge in [-0.3, -0.25) is 4.79 Å². The normalized spacial score (nSPS) is 15.1. The summed E-state index contributed by atoms with van der Waals surface area (Å²) < 4.78 is 0. The van der Waals surface area contributed by atoms with Gasteiger partial charge in [-0.1, -0.05) is 103 Å². The third-order valence-electron chi connectivity index (χ3n) is 5.57. The van der Waals surface area contributed by atoms with Crippen LogP contribution in [0.5, 0.6) is 0 Å². The summed E-state index contributed by atoms with van der Waals surface area (Å²) in [7, 11) is 0. The van der Waals surface area contributed by atoms with Gasteiger partial charge in [-0.25, -0.2) is 0 Å². The van der Waals surface area contributed by atoms with E-state index in [1.165, 1.54) is 24.8 Å². The van der Waals surface area contributed by atoms with Crippen molar-refractivity contribution in [2.45, 2.75) is 66.7 Å². The van der Waals surface area contributed by atoms with Gasteiger partial charge in [0, 0.05) is 11.1 Å². The van der Waals surface area contributed by atoms with Crippen molar-refractivity contribution in [2.24, 2.45) is 11.3 Å². The highest BCUT2D eigenvalue weighted by Crippen LogP contribution is 2.39. The van der Waals surface area contributed by atoms with Crippen LogP contribution in [-0.2, 0) is 0 Å². The molecule has 0 saturated carbocycles. The lowest BCUT2D eigenvalue weighted by atomic mass is 9.73. The van der Waals surface area contributed by atoms with E-state index in [1.54, 1.807) is 12.2 Å². The van der Waals surface area contributed by atoms with Gasteiger partial charge in [0.15, 0.2) is 5.78 Å². The summed E-state index contributed by atoms with van der Waals surface area (Å²) in [5.74, 6) is 1.20. The first-order chi connectivity index (χ1) is 12.3. The molecule has 1 aromatic rings. The summed E-state index contributed by atoms with van der Waals surface area (Å²) in [5, 5.41) is 0. The predicted octanol–water partition coefficient (Wildman–Crippen LogP) is 7.51. The van der Waals surface area contributed by atoms with E-state index < -0.39 is 0 Å². The van der Waals surface area contributed by atoms with Gasteiger partial charge in [-0.2, -0.15) is 0 Å². The van der Waals surface area contributed by atoms with Crippen LogP contribution in [0.3, 0.4) is 0 Å². The predicted molar refractivity (Wildman–Crippen MR) is 115 cm³/mol. The molecule has 0 aliphatic carbocycles. The first-order valence-corrected chi connectivity index (χ1v) is 9.89. The average molecular weight is 353 g/mol. The molecule has 0 aliphatic rings. The summed E-state index contributed by atoms with van der Waals surface area (Å²) in [6.07, 6.45) is 10.7. The van der Waals surface area contributed by atoms with E-state index >= 15 is 0 Å². The minimum Gasteiger partial charge on any atom is -0.289 e. The number of hydrogen-bond donors (Lipinski definition) is 0. The Morgan fingerprint density at radius 2 is 1.81 bits per heavy atom. The molecule has 2 unspecified atom stereocenters. The van der Waals surface area contributed by atoms with Crippen LogP contribution >= 0.6 is 0 Å². The molecular formula is C25H36O. The van der Waals surface area contributed by atoms with Gasteiger partial charge in [0.25, 0.3) is 0 Å². The number of carbonyl (C=O) groups excluding carboxylic acids is 1. The molecule has 142 valence electrons. The monoisotopic (exact) mass is 352 g/mol. The zero-order valence-corrected chi connectivity index (χ0v) is 17.5. The highest BCUT2D eigenvalue weighted by Gasteiger charge is 2.26. The van der Waals surface area contributed by atoms with E-state index in [1.807, 2.05) is 31.2 Å². The molecule has 0 bridgehead atoms. The standard InChI is InChI=1S/C25H36O/c1-8-12-21(13-9-2)24(26)22-16-14-20(15-17-22)23(19(5)10-3)18-25(6,7)11-4/h8-9,12-17,19,23H,1,10-11,18H2,2-7H3/b13-9-,21-12+. The van der Waals surface area contributed by atoms with Crippen LogP contribution < -0.4 is 0 Å². The molecule has 1 nitrogen and oxygen atoms in total. The molecule has 0 saturated heterocycles. The van der Waals surface area contributed by atoms with Crippen molar-refractivity contribution in [3.05, 3.63) is 71.8 Å². The number of benzene rings is 1. The second kappa shape index (κ2) is 10.3. The maximum absolute atomic E-state index is 12.7. The van der Waals surface area contributed by atoms with E-state index in [9.17, 15) is 4.79 Å². The fraction of sp³-hybridized carbons (Fsp3) is 0.480. The van der Waals surface area contributed by atoms with Gasteiger partial charge < -0.3 is 0 Å². The fourth-order valence-electron chi connectivity index (χ4n) is 3.23. The Morgan fingerprint density at radius 1 is 1.19 bits per heavy atom. The Labute approximate surface area is 160 Å². The van der Waals surface area contributed by atoms with Gasteiger partial charge in [-0.05, 0) is 36.2 Å². The number of Topliss-reactive ketones (excluding diaryl/α,β-unsaturated/α-hetero) is 1. The average Bonchev–Trinajstić information content (AvgIpc) is 2.65. The van der Waals surface area contributed by atoms with E-state index in [-0.39, 0.29) is 5.78 Å². The molecule has 0 aliphatic heterocycles. The highest BCUT2D eigenvalue weighted by atomic mass is 16.1. The summed E-state index contributed by atoms with van der Waals surface area (Å²) in [4.78, 5) is 12.7. The van der Waals surface area contributed by atoms with Crippen LogP contribution in [0.2, 0.25) is 0 Å². The summed E-state index contributed by atoms with van der Waals surface area (Å²) >= 11 is 0. The minimum atomic E-state index is 0.0449. The van der Waals surface area contributed by atoms with Crippen LogP contribution in [0.1, 0.15) is 82.6 Å². The number of rotatable bonds is 10. The Kier molecular flexibility index (Phi) is 8.78. The first-order valence-electron chi connectivity index (χ1n) is 9.89. The Hall–Kier alpha value is -1.89. The quantitative estimate of drug-likeness (QED) is 0.242. The third kappa shape index (κ3) is 6.12. The highest BCUT2D eigenvalue weighted by molar-refractivity contribution is 6.10. The van der Waals surface area contributed by atoms with E-state index in [2.05, 4.69) is 53.3 Å². The maximum atomic E-state index is 12.7. The summed E-state index contributed by atoms with van der Waals surface area (Å²) in [5.41, 5.74) is 3.07. The van der Waals surface area contributed by atoms with Crippen LogP contribution in [0, 0.1) is 11.3 Å². The Bertz CT molecular complexity index is 643. The lowest BCUT2D eigenvalue weighted by molar-refractivity contribution is 0.103. The lowest BCUT2D eigenvalue weighted by Crippen LogP contribution is -2.19. The zero-order valence-electron chi connectivity index (χ0n) is 17.5. The maximum Gasteiger partial charge on any atom is 0.193 e. The molecule has 1 heteroatoms. The molecule has 0 aromatic heterocycles. The van der Waals surface area contributed by atoms with Gasteiger partial charge in [-0.15, -0.1) is 0 Å². The molecule has 0 N–H and O–H groups in total. The molecule has 1 aromatic carbocycles. The molecule has 0 amide bonds. The van der Waals surface area contributed by atoms with E-state index in [4.69, 9.17) is 0 Å². The topological polar surface area (TPSA) is 17.1 Å². The van der Waals surface area contributed by atoms with Crippen molar-refractivity contribution in [2.75, 3.05) is 0 Å². The molecule has 26 heavy (non-hydrogen) atoms. The molecule has 0 fully saturated rings. The molecule has 0 heterocycles. The summed E-state index contributed by atoms with van der Waals surface area (Å²) in [6.45, 7) is 17.2. The molecular weight excluding hydrogens is 316 g/mol. The molecule has 0 radical (unpaired) electrons. The fourth-order valence-corrected chi connectivity index (χ4v) is 3.23. The Morgan fingerprint density at radius 3 is 2.27 bits per heavy atom. The van der Waals surface area contributed by atoms with E-state index in [0.29, 0.717) is 22.8 Å². The van der Waals surface area contributed by atoms with Crippen LogP contribution in [-0.4, -0.2) is 5.78 Å². The third-order valence-corrected chi connectivity index (χ3v) is 5.57. The van der Waals surface area contributed by atoms with Crippen molar-refractivity contribution in [3.8, 4) is 0 Å². The zero-order chi connectivity index (χ0) is 19.7. The van der Waals surface area contributed by atoms with Crippen LogP contribution in [0.4, 0.5) is 0 Å². The number of allylic oxidation sites excluding steroid dienone is 5. The summed E-state index contributed by atoms with van der Waals surface area (Å²) in [6, 6.07) is 8.26. The number of ketones is 1. The van der Waals surface area contributed by atoms with Crippen molar-refractivity contribution >= 4 is 5.78 Å². The van der Waals surface area contributed by atoms with Gasteiger partial charge in [0.05, 0.1) is 0 Å². The molecule has 1 rings (SSSR count).